The number of hydrogen-bond donors (Lipinski definition) is 1. The average molecular weight is 292 g/mol. The lowest BCUT2D eigenvalue weighted by atomic mass is 9.97. The van der Waals surface area contributed by atoms with Crippen molar-refractivity contribution in [2.75, 3.05) is 12.3 Å². The van der Waals surface area contributed by atoms with Gasteiger partial charge in [-0.3, -0.25) is 4.79 Å². The van der Waals surface area contributed by atoms with Crippen molar-refractivity contribution in [2.45, 2.75) is 38.1 Å². The molecule has 1 aliphatic rings. The number of amides is 1. The first-order valence-electron chi connectivity index (χ1n) is 7.25. The van der Waals surface area contributed by atoms with E-state index in [1.54, 1.807) is 0 Å². The summed E-state index contributed by atoms with van der Waals surface area (Å²) in [7, 11) is 0. The molecule has 0 radical (unpaired) electrons. The molecule has 4 atom stereocenters. The lowest BCUT2D eigenvalue weighted by Gasteiger charge is -2.41. The predicted octanol–water partition coefficient (Wildman–Crippen LogP) is 2.67. The van der Waals surface area contributed by atoms with E-state index < -0.39 is 0 Å². The van der Waals surface area contributed by atoms with E-state index in [0.717, 1.165) is 12.3 Å². The van der Waals surface area contributed by atoms with Gasteiger partial charge in [-0.25, -0.2) is 0 Å². The summed E-state index contributed by atoms with van der Waals surface area (Å²) in [5.74, 6) is 1.06. The highest BCUT2D eigenvalue weighted by molar-refractivity contribution is 8.00. The van der Waals surface area contributed by atoms with Gasteiger partial charge in [-0.05, 0) is 12.5 Å². The third-order valence-electron chi connectivity index (χ3n) is 4.10. The zero-order valence-electron chi connectivity index (χ0n) is 12.5. The van der Waals surface area contributed by atoms with E-state index in [-0.39, 0.29) is 23.9 Å². The molecule has 4 unspecified atom stereocenters. The third kappa shape index (κ3) is 3.18. The number of rotatable bonds is 3. The molecule has 1 aromatic carbocycles. The number of nitrogens with zero attached hydrogens (tertiary/aromatic N) is 1. The Kier molecular flexibility index (Phi) is 5.11. The van der Waals surface area contributed by atoms with Gasteiger partial charge in [-0.1, -0.05) is 44.2 Å². The molecule has 0 bridgehead atoms. The number of carbonyl (C=O) groups is 1. The molecule has 1 aromatic rings. The molecule has 4 heteroatoms. The van der Waals surface area contributed by atoms with Gasteiger partial charge in [0.1, 0.15) is 0 Å². The van der Waals surface area contributed by atoms with Gasteiger partial charge in [0.2, 0.25) is 5.91 Å². The van der Waals surface area contributed by atoms with Crippen molar-refractivity contribution in [3.05, 3.63) is 35.9 Å². The molecule has 0 aromatic heterocycles. The first kappa shape index (κ1) is 15.4. The Morgan fingerprint density at radius 3 is 2.60 bits per heavy atom. The minimum Gasteiger partial charge on any atom is -0.333 e. The van der Waals surface area contributed by atoms with E-state index in [0.29, 0.717) is 5.25 Å². The number of thioether (sulfide) groups is 1. The molecule has 1 aliphatic heterocycles. The molecular formula is C16H24N2OS. The maximum absolute atomic E-state index is 12.7. The Morgan fingerprint density at radius 2 is 2.00 bits per heavy atom. The second kappa shape index (κ2) is 6.64. The van der Waals surface area contributed by atoms with Crippen molar-refractivity contribution >= 4 is 17.7 Å². The summed E-state index contributed by atoms with van der Waals surface area (Å²) >= 11 is 1.94. The Balaban J connectivity index is 2.27. The maximum Gasteiger partial charge on any atom is 0.227 e. The monoisotopic (exact) mass is 292 g/mol. The van der Waals surface area contributed by atoms with E-state index in [9.17, 15) is 4.79 Å². The molecule has 1 fully saturated rings. The van der Waals surface area contributed by atoms with Crippen molar-refractivity contribution in [3.8, 4) is 0 Å². The maximum atomic E-state index is 12.7. The first-order valence-corrected chi connectivity index (χ1v) is 8.30. The van der Waals surface area contributed by atoms with Gasteiger partial charge in [-0.2, -0.15) is 11.8 Å². The van der Waals surface area contributed by atoms with Crippen molar-refractivity contribution < 1.29 is 4.79 Å². The largest absolute Gasteiger partial charge is 0.333 e. The van der Waals surface area contributed by atoms with E-state index in [4.69, 9.17) is 5.73 Å². The van der Waals surface area contributed by atoms with Gasteiger partial charge in [0.25, 0.3) is 0 Å². The van der Waals surface area contributed by atoms with Gasteiger partial charge >= 0.3 is 0 Å². The predicted molar refractivity (Wildman–Crippen MR) is 85.6 cm³/mol. The molecule has 0 aliphatic carbocycles. The summed E-state index contributed by atoms with van der Waals surface area (Å²) in [5, 5.41) is 0.412. The number of nitrogens with two attached hydrogens (primary N) is 1. The Hall–Kier alpha value is -1.00. The molecular weight excluding hydrogens is 268 g/mol. The average Bonchev–Trinajstić information content (AvgIpc) is 2.46. The fourth-order valence-electron chi connectivity index (χ4n) is 2.66. The zero-order chi connectivity index (χ0) is 14.7. The number of benzene rings is 1. The van der Waals surface area contributed by atoms with Crippen LogP contribution in [0.3, 0.4) is 0 Å². The summed E-state index contributed by atoms with van der Waals surface area (Å²) in [6, 6.07) is 10.4. The van der Waals surface area contributed by atoms with Crippen molar-refractivity contribution in [1.82, 2.24) is 4.90 Å². The van der Waals surface area contributed by atoms with E-state index in [2.05, 4.69) is 19.1 Å². The Labute approximate surface area is 125 Å². The summed E-state index contributed by atoms with van der Waals surface area (Å²) in [4.78, 5) is 14.7. The summed E-state index contributed by atoms with van der Waals surface area (Å²) < 4.78 is 0. The zero-order valence-corrected chi connectivity index (χ0v) is 13.3. The van der Waals surface area contributed by atoms with Gasteiger partial charge < -0.3 is 10.6 Å². The van der Waals surface area contributed by atoms with E-state index in [1.807, 2.05) is 48.7 Å². The van der Waals surface area contributed by atoms with Crippen LogP contribution in [0.5, 0.6) is 0 Å². The quantitative estimate of drug-likeness (QED) is 0.931. The second-order valence-corrected chi connectivity index (χ2v) is 7.10. The molecule has 1 saturated heterocycles. The normalized spacial score (nSPS) is 26.1. The van der Waals surface area contributed by atoms with E-state index >= 15 is 0 Å². The highest BCUT2D eigenvalue weighted by atomic mass is 32.2. The summed E-state index contributed by atoms with van der Waals surface area (Å²) in [5.41, 5.74) is 7.13. The molecule has 0 saturated carbocycles. The number of hydrogen-bond acceptors (Lipinski definition) is 3. The van der Waals surface area contributed by atoms with Crippen molar-refractivity contribution in [1.29, 1.82) is 0 Å². The van der Waals surface area contributed by atoms with Crippen molar-refractivity contribution in [3.63, 3.8) is 0 Å². The standard InChI is InChI=1S/C16H24N2OS/c1-11(12(2)17)16(19)18-9-10-20-13(3)15(18)14-7-5-4-6-8-14/h4-8,11-13,15H,9-10,17H2,1-3H3. The molecule has 1 amide bonds. The molecule has 20 heavy (non-hydrogen) atoms. The highest BCUT2D eigenvalue weighted by Gasteiger charge is 2.35. The van der Waals surface area contributed by atoms with Gasteiger partial charge in [0, 0.05) is 23.6 Å². The van der Waals surface area contributed by atoms with Gasteiger partial charge in [0.05, 0.1) is 12.0 Å². The van der Waals surface area contributed by atoms with Crippen LogP contribution in [0.1, 0.15) is 32.4 Å². The molecule has 2 rings (SSSR count). The Morgan fingerprint density at radius 1 is 1.35 bits per heavy atom. The SMILES string of the molecule is CC(N)C(C)C(=O)N1CCSC(C)C1c1ccccc1. The topological polar surface area (TPSA) is 46.3 Å². The van der Waals surface area contributed by atoms with Crippen LogP contribution >= 0.6 is 11.8 Å². The minimum absolute atomic E-state index is 0.108. The molecule has 3 nitrogen and oxygen atoms in total. The highest BCUT2D eigenvalue weighted by Crippen LogP contribution is 2.36. The van der Waals surface area contributed by atoms with Crippen LogP contribution in [0.4, 0.5) is 0 Å². The fourth-order valence-corrected chi connectivity index (χ4v) is 3.82. The summed E-state index contributed by atoms with van der Waals surface area (Å²) in [6.07, 6.45) is 0. The Bertz CT molecular complexity index is 449. The second-order valence-electron chi connectivity index (χ2n) is 5.61. The van der Waals surface area contributed by atoms with Crippen LogP contribution in [-0.2, 0) is 4.79 Å². The van der Waals surface area contributed by atoms with Crippen LogP contribution in [-0.4, -0.2) is 34.4 Å². The van der Waals surface area contributed by atoms with Crippen LogP contribution in [0.15, 0.2) is 30.3 Å². The van der Waals surface area contributed by atoms with Gasteiger partial charge in [-0.15, -0.1) is 0 Å². The third-order valence-corrected chi connectivity index (χ3v) is 5.30. The number of carbonyl (C=O) groups excluding carboxylic acids is 1. The van der Waals surface area contributed by atoms with Crippen LogP contribution in [0.2, 0.25) is 0 Å². The summed E-state index contributed by atoms with van der Waals surface area (Å²) in [6.45, 7) is 6.85. The smallest absolute Gasteiger partial charge is 0.227 e. The molecule has 1 heterocycles. The van der Waals surface area contributed by atoms with Crippen molar-refractivity contribution in [2.24, 2.45) is 11.7 Å². The van der Waals surface area contributed by atoms with Crippen LogP contribution in [0.25, 0.3) is 0 Å². The fraction of sp³-hybridized carbons (Fsp3) is 0.562. The van der Waals surface area contributed by atoms with Crippen LogP contribution < -0.4 is 5.73 Å². The lowest BCUT2D eigenvalue weighted by molar-refractivity contribution is -0.138. The lowest BCUT2D eigenvalue weighted by Crippen LogP contribution is -2.48. The van der Waals surface area contributed by atoms with Crippen LogP contribution in [0, 0.1) is 5.92 Å². The minimum atomic E-state index is -0.128. The molecule has 2 N–H and O–H groups in total. The molecule has 0 spiro atoms. The molecule has 110 valence electrons. The van der Waals surface area contributed by atoms with E-state index in [1.165, 1.54) is 5.56 Å². The first-order chi connectivity index (χ1) is 9.52. The van der Waals surface area contributed by atoms with Gasteiger partial charge in [0.15, 0.2) is 0 Å².